The molecule has 0 bridgehead atoms. The lowest BCUT2D eigenvalue weighted by Gasteiger charge is -2.24. The molecule has 1 amide bonds. The van der Waals surface area contributed by atoms with Crippen molar-refractivity contribution in [1.29, 1.82) is 0 Å². The van der Waals surface area contributed by atoms with Crippen LogP contribution in [0.25, 0.3) is 0 Å². The molecule has 0 unspecified atom stereocenters. The second kappa shape index (κ2) is 13.2. The number of nitrogens with one attached hydrogen (secondary N) is 1. The predicted octanol–water partition coefficient (Wildman–Crippen LogP) is 4.70. The van der Waals surface area contributed by atoms with Crippen LogP contribution in [0.5, 0.6) is 17.2 Å². The molecule has 10 heteroatoms. The number of carbonyl (C=O) groups excluding carboxylic acids is 1. The number of aryl methyl sites for hydroxylation is 1. The number of halogens is 1. The highest BCUT2D eigenvalue weighted by atomic mass is 35.5. The Morgan fingerprint density at radius 3 is 2.24 bits per heavy atom. The Morgan fingerprint density at radius 1 is 0.946 bits per heavy atom. The smallest absolute Gasteiger partial charge is 0.264 e. The van der Waals surface area contributed by atoms with Gasteiger partial charge >= 0.3 is 0 Å². The van der Waals surface area contributed by atoms with Crippen LogP contribution < -0.4 is 23.8 Å². The van der Waals surface area contributed by atoms with E-state index in [1.54, 1.807) is 24.3 Å². The molecule has 0 heterocycles. The summed E-state index contributed by atoms with van der Waals surface area (Å²) in [6.45, 7) is 2.13. The van der Waals surface area contributed by atoms with E-state index < -0.39 is 22.5 Å². The van der Waals surface area contributed by atoms with Crippen molar-refractivity contribution in [3.05, 3.63) is 77.3 Å². The molecule has 37 heavy (non-hydrogen) atoms. The molecule has 0 radical (unpaired) electrons. The molecule has 0 saturated carbocycles. The molecular weight excluding hydrogens is 516 g/mol. The first-order chi connectivity index (χ1) is 17.8. The van der Waals surface area contributed by atoms with Gasteiger partial charge in [-0.05, 0) is 60.5 Å². The normalized spacial score (nSPS) is 11.0. The fourth-order valence-corrected chi connectivity index (χ4v) is 5.18. The van der Waals surface area contributed by atoms with Crippen LogP contribution in [0.3, 0.4) is 0 Å². The van der Waals surface area contributed by atoms with E-state index in [9.17, 15) is 13.2 Å². The zero-order chi connectivity index (χ0) is 26.8. The maximum Gasteiger partial charge on any atom is 0.264 e. The van der Waals surface area contributed by atoms with Crippen molar-refractivity contribution < 1.29 is 27.4 Å². The van der Waals surface area contributed by atoms with Crippen LogP contribution in [-0.2, 0) is 21.2 Å². The van der Waals surface area contributed by atoms with Gasteiger partial charge in [-0.3, -0.25) is 9.10 Å². The number of ether oxygens (including phenoxy) is 3. The zero-order valence-corrected chi connectivity index (χ0v) is 22.6. The molecule has 1 N–H and O–H groups in total. The van der Waals surface area contributed by atoms with Crippen molar-refractivity contribution >= 4 is 33.2 Å². The summed E-state index contributed by atoms with van der Waals surface area (Å²) in [6.07, 6.45) is 2.08. The van der Waals surface area contributed by atoms with Crippen molar-refractivity contribution in [2.75, 3.05) is 38.2 Å². The van der Waals surface area contributed by atoms with Crippen LogP contribution >= 0.6 is 11.6 Å². The molecule has 3 rings (SSSR count). The van der Waals surface area contributed by atoms with E-state index in [1.807, 2.05) is 24.3 Å². The second-order valence-electron chi connectivity index (χ2n) is 8.10. The molecule has 198 valence electrons. The van der Waals surface area contributed by atoms with Gasteiger partial charge in [-0.1, -0.05) is 37.1 Å². The Kier molecular flexibility index (Phi) is 10.0. The van der Waals surface area contributed by atoms with E-state index in [1.165, 1.54) is 38.0 Å². The van der Waals surface area contributed by atoms with Crippen molar-refractivity contribution in [1.82, 2.24) is 5.32 Å². The summed E-state index contributed by atoms with van der Waals surface area (Å²) in [4.78, 5) is 12.7. The van der Waals surface area contributed by atoms with Crippen molar-refractivity contribution in [3.8, 4) is 17.2 Å². The zero-order valence-electron chi connectivity index (χ0n) is 21.1. The van der Waals surface area contributed by atoms with Crippen molar-refractivity contribution in [3.63, 3.8) is 0 Å². The van der Waals surface area contributed by atoms with E-state index in [0.717, 1.165) is 17.1 Å². The van der Waals surface area contributed by atoms with Gasteiger partial charge in [-0.2, -0.15) is 0 Å². The average Bonchev–Trinajstić information content (AvgIpc) is 2.91. The Balaban J connectivity index is 1.71. The summed E-state index contributed by atoms with van der Waals surface area (Å²) in [7, 11) is -1.26. The molecule has 0 aromatic heterocycles. The summed E-state index contributed by atoms with van der Waals surface area (Å²) in [5.41, 5.74) is 1.53. The van der Waals surface area contributed by atoms with E-state index in [0.29, 0.717) is 16.5 Å². The highest BCUT2D eigenvalue weighted by Gasteiger charge is 2.28. The summed E-state index contributed by atoms with van der Waals surface area (Å²) in [5, 5.41) is 3.16. The molecule has 0 aliphatic rings. The summed E-state index contributed by atoms with van der Waals surface area (Å²) in [5.74, 6) is 0.856. The number of carbonyl (C=O) groups is 1. The van der Waals surface area contributed by atoms with Gasteiger partial charge in [-0.25, -0.2) is 8.42 Å². The lowest BCUT2D eigenvalue weighted by atomic mass is 10.1. The third kappa shape index (κ3) is 7.53. The molecule has 3 aromatic carbocycles. The number of nitrogens with zero attached hydrogens (tertiary/aromatic N) is 1. The minimum absolute atomic E-state index is 0.0530. The maximum atomic E-state index is 13.6. The average molecular weight is 547 g/mol. The lowest BCUT2D eigenvalue weighted by molar-refractivity contribution is -0.119. The van der Waals surface area contributed by atoms with Gasteiger partial charge in [0.15, 0.2) is 11.5 Å². The largest absolute Gasteiger partial charge is 0.493 e. The molecule has 0 saturated heterocycles. The first-order valence-corrected chi connectivity index (χ1v) is 13.6. The number of hydrogen-bond donors (Lipinski definition) is 1. The Labute approximate surface area is 223 Å². The van der Waals surface area contributed by atoms with Crippen LogP contribution in [0.2, 0.25) is 5.02 Å². The van der Waals surface area contributed by atoms with Gasteiger partial charge < -0.3 is 19.5 Å². The summed E-state index contributed by atoms with van der Waals surface area (Å²) < 4.78 is 44.4. The molecule has 8 nitrogen and oxygen atoms in total. The van der Waals surface area contributed by atoms with Crippen LogP contribution in [-0.4, -0.2) is 48.2 Å². The van der Waals surface area contributed by atoms with E-state index in [-0.39, 0.29) is 29.5 Å². The highest BCUT2D eigenvalue weighted by molar-refractivity contribution is 7.92. The van der Waals surface area contributed by atoms with E-state index in [2.05, 4.69) is 12.2 Å². The molecule has 3 aromatic rings. The highest BCUT2D eigenvalue weighted by Crippen LogP contribution is 2.32. The number of amides is 1. The Morgan fingerprint density at radius 2 is 1.62 bits per heavy atom. The third-order valence-electron chi connectivity index (χ3n) is 5.50. The van der Waals surface area contributed by atoms with Gasteiger partial charge in [-0.15, -0.1) is 0 Å². The standard InChI is InChI=1S/C27H31ClN2O6S/c1-4-5-20-6-12-23(13-7-20)36-17-16-29-27(31)19-30(22-10-8-21(28)9-11-22)37(32,33)24-14-15-25(34-2)26(18-24)35-3/h6-15,18H,4-5,16-17,19H2,1-3H3,(H,29,31). The third-order valence-corrected chi connectivity index (χ3v) is 7.52. The van der Waals surface area contributed by atoms with Gasteiger partial charge in [0.1, 0.15) is 18.9 Å². The molecule has 0 spiro atoms. The minimum Gasteiger partial charge on any atom is -0.493 e. The van der Waals surface area contributed by atoms with Crippen LogP contribution in [0.4, 0.5) is 5.69 Å². The Bertz CT molecular complexity index is 1280. The lowest BCUT2D eigenvalue weighted by Crippen LogP contribution is -2.41. The van der Waals surface area contributed by atoms with Crippen molar-refractivity contribution in [2.45, 2.75) is 24.7 Å². The van der Waals surface area contributed by atoms with Gasteiger partial charge in [0, 0.05) is 11.1 Å². The molecular formula is C27H31ClN2O6S. The van der Waals surface area contributed by atoms with Crippen LogP contribution in [0.15, 0.2) is 71.6 Å². The number of rotatable bonds is 13. The number of sulfonamides is 1. The summed E-state index contributed by atoms with van der Waals surface area (Å²) in [6, 6.07) is 18.3. The van der Waals surface area contributed by atoms with Crippen LogP contribution in [0, 0.1) is 0 Å². The SMILES string of the molecule is CCCc1ccc(OCCNC(=O)CN(c2ccc(Cl)cc2)S(=O)(=O)c2ccc(OC)c(OC)c2)cc1. The molecule has 0 fully saturated rings. The maximum absolute atomic E-state index is 13.6. The fourth-order valence-electron chi connectivity index (χ4n) is 3.61. The molecule has 0 aliphatic heterocycles. The number of hydrogen-bond acceptors (Lipinski definition) is 6. The van der Waals surface area contributed by atoms with Crippen molar-refractivity contribution in [2.24, 2.45) is 0 Å². The topological polar surface area (TPSA) is 94.2 Å². The van der Waals surface area contributed by atoms with E-state index in [4.69, 9.17) is 25.8 Å². The second-order valence-corrected chi connectivity index (χ2v) is 10.4. The summed E-state index contributed by atoms with van der Waals surface area (Å²) >= 11 is 5.99. The quantitative estimate of drug-likeness (QED) is 0.312. The van der Waals surface area contributed by atoms with Crippen LogP contribution in [0.1, 0.15) is 18.9 Å². The minimum atomic E-state index is -4.14. The first-order valence-electron chi connectivity index (χ1n) is 11.8. The number of anilines is 1. The Hall–Kier alpha value is -3.43. The van der Waals surface area contributed by atoms with Gasteiger partial charge in [0.25, 0.3) is 10.0 Å². The predicted molar refractivity (Wildman–Crippen MR) is 144 cm³/mol. The number of methoxy groups -OCH3 is 2. The fraction of sp³-hybridized carbons (Fsp3) is 0.296. The monoisotopic (exact) mass is 546 g/mol. The van der Waals surface area contributed by atoms with Gasteiger partial charge in [0.2, 0.25) is 5.91 Å². The molecule has 0 atom stereocenters. The van der Waals surface area contributed by atoms with E-state index >= 15 is 0 Å². The van der Waals surface area contributed by atoms with Gasteiger partial charge in [0.05, 0.1) is 31.3 Å². The first kappa shape index (κ1) is 28.1. The molecule has 0 aliphatic carbocycles. The number of benzene rings is 3.